The Morgan fingerprint density at radius 3 is 2.30 bits per heavy atom. The molecule has 7 heteroatoms. The minimum Gasteiger partial charge on any atom is -0.294 e. The largest absolute Gasteiger partial charge is 0.294 e. The molecule has 0 spiro atoms. The topological polar surface area (TPSA) is 49.7 Å². The molecule has 2 aromatic carbocycles. The number of amidine groups is 1. The fourth-order valence-corrected chi connectivity index (χ4v) is 3.99. The van der Waals surface area contributed by atoms with E-state index in [0.717, 1.165) is 0 Å². The Balaban J connectivity index is 1.79. The van der Waals surface area contributed by atoms with Crippen LogP contribution in [0.15, 0.2) is 66.2 Å². The summed E-state index contributed by atoms with van der Waals surface area (Å²) in [5, 5.41) is 1.21. The van der Waals surface area contributed by atoms with Gasteiger partial charge in [-0.3, -0.25) is 14.5 Å². The van der Waals surface area contributed by atoms with E-state index in [2.05, 4.69) is 11.6 Å². The first-order valence-corrected chi connectivity index (χ1v) is 9.83. The molecule has 1 aliphatic heterocycles. The van der Waals surface area contributed by atoms with Crippen LogP contribution in [0.5, 0.6) is 0 Å². The summed E-state index contributed by atoms with van der Waals surface area (Å²) in [6.07, 6.45) is 1.73. The van der Waals surface area contributed by atoms with Crippen LogP contribution in [-0.4, -0.2) is 33.6 Å². The maximum Gasteiger partial charge on any atom is 0.242 e. The lowest BCUT2D eigenvalue weighted by molar-refractivity contribution is -0.125. The van der Waals surface area contributed by atoms with Crippen LogP contribution in [0.4, 0.5) is 5.69 Å². The number of hydrogen-bond acceptors (Lipinski definition) is 4. The summed E-state index contributed by atoms with van der Waals surface area (Å²) in [6, 6.07) is 13.7. The molecule has 0 aliphatic carbocycles. The lowest BCUT2D eigenvalue weighted by atomic mass is 10.1. The number of carbonyl (C=O) groups is 2. The first-order valence-electron chi connectivity index (χ1n) is 8.20. The van der Waals surface area contributed by atoms with Gasteiger partial charge in [-0.25, -0.2) is 4.99 Å². The zero-order valence-corrected chi connectivity index (χ0v) is 16.6. The van der Waals surface area contributed by atoms with Gasteiger partial charge in [-0.05, 0) is 48.5 Å². The van der Waals surface area contributed by atoms with E-state index in [4.69, 9.17) is 23.2 Å². The molecule has 0 aromatic heterocycles. The molecule has 138 valence electrons. The molecule has 1 heterocycles. The molecule has 1 amide bonds. The van der Waals surface area contributed by atoms with Crippen molar-refractivity contribution in [2.45, 2.75) is 11.7 Å². The molecule has 27 heavy (non-hydrogen) atoms. The van der Waals surface area contributed by atoms with E-state index in [-0.39, 0.29) is 18.1 Å². The number of nitrogens with zero attached hydrogens (tertiary/aromatic N) is 2. The van der Waals surface area contributed by atoms with E-state index in [9.17, 15) is 9.59 Å². The predicted molar refractivity (Wildman–Crippen MR) is 112 cm³/mol. The summed E-state index contributed by atoms with van der Waals surface area (Å²) in [4.78, 5) is 31.4. The molecular weight excluding hydrogens is 403 g/mol. The standard InChI is InChI=1S/C20H16Cl2N2O2S/c1-2-11-24-19(26)18(12-17(25)13-3-5-14(21)6-4-13)27-20(24)23-16-9-7-15(22)8-10-16/h2-10,18H,1,11-12H2. The van der Waals surface area contributed by atoms with Crippen LogP contribution in [-0.2, 0) is 4.79 Å². The van der Waals surface area contributed by atoms with E-state index in [1.807, 2.05) is 0 Å². The van der Waals surface area contributed by atoms with Gasteiger partial charge in [-0.15, -0.1) is 6.58 Å². The van der Waals surface area contributed by atoms with Crippen LogP contribution in [0.3, 0.4) is 0 Å². The van der Waals surface area contributed by atoms with E-state index < -0.39 is 5.25 Å². The van der Waals surface area contributed by atoms with Gasteiger partial charge in [0.15, 0.2) is 11.0 Å². The monoisotopic (exact) mass is 418 g/mol. The van der Waals surface area contributed by atoms with E-state index >= 15 is 0 Å². The number of ketones is 1. The molecule has 0 saturated carbocycles. The van der Waals surface area contributed by atoms with Crippen molar-refractivity contribution in [3.8, 4) is 0 Å². The first kappa shape index (κ1) is 19.7. The van der Waals surface area contributed by atoms with Crippen LogP contribution in [0.2, 0.25) is 10.0 Å². The van der Waals surface area contributed by atoms with Crippen molar-refractivity contribution in [2.24, 2.45) is 4.99 Å². The summed E-state index contributed by atoms with van der Waals surface area (Å²) in [5.74, 6) is -0.251. The van der Waals surface area contributed by atoms with Gasteiger partial charge in [0.2, 0.25) is 5.91 Å². The fraction of sp³-hybridized carbons (Fsp3) is 0.150. The van der Waals surface area contributed by atoms with Crippen LogP contribution < -0.4 is 0 Å². The van der Waals surface area contributed by atoms with Crippen molar-refractivity contribution in [1.82, 2.24) is 4.90 Å². The second kappa shape index (κ2) is 8.74. The average molecular weight is 419 g/mol. The number of Topliss-reactive ketones (excluding diaryl/α,β-unsaturated/α-hetero) is 1. The fourth-order valence-electron chi connectivity index (χ4n) is 2.57. The third-order valence-corrected chi connectivity index (χ3v) is 5.60. The highest BCUT2D eigenvalue weighted by atomic mass is 35.5. The zero-order chi connectivity index (χ0) is 19.4. The smallest absolute Gasteiger partial charge is 0.242 e. The van der Waals surface area contributed by atoms with Gasteiger partial charge in [0, 0.05) is 28.6 Å². The summed E-state index contributed by atoms with van der Waals surface area (Å²) >= 11 is 13.1. The Hall–Kier alpha value is -2.08. The number of rotatable bonds is 6. The Kier molecular flexibility index (Phi) is 6.37. The molecular formula is C20H16Cl2N2O2S. The van der Waals surface area contributed by atoms with Crippen molar-refractivity contribution in [3.63, 3.8) is 0 Å². The number of benzene rings is 2. The van der Waals surface area contributed by atoms with Crippen LogP contribution in [0, 0.1) is 0 Å². The molecule has 1 fully saturated rings. The van der Waals surface area contributed by atoms with Crippen molar-refractivity contribution >= 4 is 57.5 Å². The minimum absolute atomic E-state index is 0.0956. The maximum absolute atomic E-state index is 12.8. The number of thioether (sulfide) groups is 1. The average Bonchev–Trinajstić information content (AvgIpc) is 2.93. The van der Waals surface area contributed by atoms with E-state index in [1.165, 1.54) is 11.8 Å². The number of carbonyl (C=O) groups excluding carboxylic acids is 2. The zero-order valence-electron chi connectivity index (χ0n) is 14.3. The van der Waals surface area contributed by atoms with Crippen LogP contribution >= 0.6 is 35.0 Å². The Morgan fingerprint density at radius 1 is 1.11 bits per heavy atom. The Morgan fingerprint density at radius 2 is 1.70 bits per heavy atom. The minimum atomic E-state index is -0.515. The van der Waals surface area contributed by atoms with Crippen LogP contribution in [0.25, 0.3) is 0 Å². The molecule has 0 N–H and O–H groups in total. The van der Waals surface area contributed by atoms with Crippen molar-refractivity contribution in [3.05, 3.63) is 76.8 Å². The third-order valence-electron chi connectivity index (χ3n) is 3.92. The van der Waals surface area contributed by atoms with Gasteiger partial charge in [0.1, 0.15) is 0 Å². The lowest BCUT2D eigenvalue weighted by Gasteiger charge is -2.13. The summed E-state index contributed by atoms with van der Waals surface area (Å²) in [7, 11) is 0. The SMILES string of the molecule is C=CCN1C(=O)C(CC(=O)c2ccc(Cl)cc2)SC1=Nc1ccc(Cl)cc1. The second-order valence-corrected chi connectivity index (χ2v) is 7.89. The lowest BCUT2D eigenvalue weighted by Crippen LogP contribution is -2.32. The summed E-state index contributed by atoms with van der Waals surface area (Å²) in [5.41, 5.74) is 1.22. The molecule has 4 nitrogen and oxygen atoms in total. The van der Waals surface area contributed by atoms with Crippen molar-refractivity contribution in [1.29, 1.82) is 0 Å². The van der Waals surface area contributed by atoms with Gasteiger partial charge in [-0.2, -0.15) is 0 Å². The summed E-state index contributed by atoms with van der Waals surface area (Å²) in [6.45, 7) is 4.04. The molecule has 1 atom stereocenters. The highest BCUT2D eigenvalue weighted by Crippen LogP contribution is 2.32. The van der Waals surface area contributed by atoms with E-state index in [1.54, 1.807) is 59.5 Å². The van der Waals surface area contributed by atoms with Gasteiger partial charge in [-0.1, -0.05) is 41.0 Å². The summed E-state index contributed by atoms with van der Waals surface area (Å²) < 4.78 is 0. The number of aliphatic imine (C=N–C) groups is 1. The molecule has 1 unspecified atom stereocenters. The molecule has 2 aromatic rings. The van der Waals surface area contributed by atoms with E-state index in [0.29, 0.717) is 33.0 Å². The Bertz CT molecular complexity index is 895. The molecule has 0 radical (unpaired) electrons. The normalized spacial score (nSPS) is 18.1. The first-order chi connectivity index (χ1) is 13.0. The second-order valence-electron chi connectivity index (χ2n) is 5.85. The van der Waals surface area contributed by atoms with Crippen LogP contribution in [0.1, 0.15) is 16.8 Å². The number of halogens is 2. The quantitative estimate of drug-likeness (QED) is 0.466. The molecule has 0 bridgehead atoms. The predicted octanol–water partition coefficient (Wildman–Crippen LogP) is 5.38. The third kappa shape index (κ3) is 4.80. The van der Waals surface area contributed by atoms with Gasteiger partial charge < -0.3 is 0 Å². The highest BCUT2D eigenvalue weighted by molar-refractivity contribution is 8.15. The number of amides is 1. The van der Waals surface area contributed by atoms with Crippen molar-refractivity contribution in [2.75, 3.05) is 6.54 Å². The number of hydrogen-bond donors (Lipinski definition) is 0. The Labute approximate surface area is 171 Å². The van der Waals surface area contributed by atoms with Gasteiger partial charge in [0.05, 0.1) is 10.9 Å². The maximum atomic E-state index is 12.8. The van der Waals surface area contributed by atoms with Gasteiger partial charge in [0.25, 0.3) is 0 Å². The molecule has 3 rings (SSSR count). The molecule has 1 saturated heterocycles. The van der Waals surface area contributed by atoms with Gasteiger partial charge >= 0.3 is 0 Å². The van der Waals surface area contributed by atoms with Crippen molar-refractivity contribution < 1.29 is 9.59 Å². The highest BCUT2D eigenvalue weighted by Gasteiger charge is 2.38. The molecule has 1 aliphatic rings.